The first-order chi connectivity index (χ1) is 11.5. The van der Waals surface area contributed by atoms with Gasteiger partial charge in [0.05, 0.1) is 16.6 Å². The highest BCUT2D eigenvalue weighted by atomic mass is 32.2. The lowest BCUT2D eigenvalue weighted by atomic mass is 10.2. The van der Waals surface area contributed by atoms with Crippen LogP contribution in [0.15, 0.2) is 45.7 Å². The summed E-state index contributed by atoms with van der Waals surface area (Å²) in [6.45, 7) is 5.13. The van der Waals surface area contributed by atoms with Gasteiger partial charge in [0.1, 0.15) is 5.76 Å². The number of rotatable bonds is 4. The second kappa shape index (κ2) is 7.32. The van der Waals surface area contributed by atoms with E-state index < -0.39 is 10.8 Å². The van der Waals surface area contributed by atoms with E-state index >= 15 is 0 Å². The van der Waals surface area contributed by atoms with Crippen LogP contribution in [0.5, 0.6) is 0 Å². The van der Waals surface area contributed by atoms with Crippen LogP contribution >= 0.6 is 0 Å². The Hall–Kier alpha value is -1.92. The Morgan fingerprint density at radius 1 is 1.17 bits per heavy atom. The number of carbonyl (C=O) groups is 1. The van der Waals surface area contributed by atoms with E-state index in [9.17, 15) is 9.00 Å². The number of hydrogen-bond donors (Lipinski definition) is 0. The Morgan fingerprint density at radius 3 is 2.62 bits per heavy atom. The molecular weight excluding hydrogens is 324 g/mol. The van der Waals surface area contributed by atoms with Gasteiger partial charge in [-0.3, -0.25) is 9.00 Å². The molecule has 128 valence electrons. The van der Waals surface area contributed by atoms with Crippen molar-refractivity contribution in [3.05, 3.63) is 53.5 Å². The standard InChI is InChI=1S/C18H22N2O3S/c1-14-4-3-5-16(12-14)24(22)13-15-6-7-17(23-15)18(21)20-10-8-19(2)9-11-20/h3-7,12H,8-11,13H2,1-2H3/t24-/m0/s1. The lowest BCUT2D eigenvalue weighted by Crippen LogP contribution is -2.47. The Kier molecular flexibility index (Phi) is 5.16. The van der Waals surface area contributed by atoms with Crippen LogP contribution in [0.25, 0.3) is 0 Å². The summed E-state index contributed by atoms with van der Waals surface area (Å²) in [4.78, 5) is 17.2. The monoisotopic (exact) mass is 346 g/mol. The van der Waals surface area contributed by atoms with Crippen LogP contribution in [-0.4, -0.2) is 53.1 Å². The van der Waals surface area contributed by atoms with Crippen molar-refractivity contribution in [3.63, 3.8) is 0 Å². The Morgan fingerprint density at radius 2 is 1.92 bits per heavy atom. The van der Waals surface area contributed by atoms with E-state index in [-0.39, 0.29) is 11.7 Å². The molecule has 0 unspecified atom stereocenters. The molecule has 2 heterocycles. The maximum Gasteiger partial charge on any atom is 0.289 e. The minimum Gasteiger partial charge on any atom is -0.455 e. The van der Waals surface area contributed by atoms with Crippen LogP contribution in [0.4, 0.5) is 0 Å². The zero-order chi connectivity index (χ0) is 17.1. The quantitative estimate of drug-likeness (QED) is 0.852. The van der Waals surface area contributed by atoms with Gasteiger partial charge in [-0.25, -0.2) is 0 Å². The molecule has 1 aromatic carbocycles. The average Bonchev–Trinajstić information content (AvgIpc) is 3.03. The number of amides is 1. The molecule has 0 aliphatic carbocycles. The molecule has 0 bridgehead atoms. The van der Waals surface area contributed by atoms with Gasteiger partial charge in [-0.15, -0.1) is 0 Å². The van der Waals surface area contributed by atoms with E-state index in [0.717, 1.165) is 23.5 Å². The second-order valence-corrected chi connectivity index (χ2v) is 7.62. The van der Waals surface area contributed by atoms with Crippen LogP contribution in [0.2, 0.25) is 0 Å². The third-order valence-corrected chi connectivity index (χ3v) is 5.52. The molecule has 0 saturated carbocycles. The third-order valence-electron chi connectivity index (χ3n) is 4.19. The zero-order valence-electron chi connectivity index (χ0n) is 14.0. The van der Waals surface area contributed by atoms with Crippen molar-refractivity contribution in [2.24, 2.45) is 0 Å². The van der Waals surface area contributed by atoms with E-state index in [1.54, 1.807) is 17.0 Å². The van der Waals surface area contributed by atoms with Gasteiger partial charge in [-0.05, 0) is 43.8 Å². The van der Waals surface area contributed by atoms with Gasteiger partial charge in [-0.1, -0.05) is 12.1 Å². The van der Waals surface area contributed by atoms with E-state index in [1.165, 1.54) is 0 Å². The molecular formula is C18H22N2O3S. The molecule has 0 N–H and O–H groups in total. The summed E-state index contributed by atoms with van der Waals surface area (Å²) in [5.41, 5.74) is 1.08. The topological polar surface area (TPSA) is 53.8 Å². The Bertz CT molecular complexity index is 748. The Labute approximate surface area is 144 Å². The Balaban J connectivity index is 1.65. The molecule has 1 saturated heterocycles. The first-order valence-electron chi connectivity index (χ1n) is 8.04. The highest BCUT2D eigenvalue weighted by molar-refractivity contribution is 7.84. The summed E-state index contributed by atoms with van der Waals surface area (Å²) in [6, 6.07) is 11.1. The summed E-state index contributed by atoms with van der Waals surface area (Å²) < 4.78 is 18.1. The molecule has 1 aliphatic heterocycles. The summed E-state index contributed by atoms with van der Waals surface area (Å²) in [6.07, 6.45) is 0. The minimum absolute atomic E-state index is 0.0873. The van der Waals surface area contributed by atoms with E-state index in [2.05, 4.69) is 4.90 Å². The number of benzene rings is 1. The van der Waals surface area contributed by atoms with Crippen LogP contribution in [0, 0.1) is 6.92 Å². The van der Waals surface area contributed by atoms with Crippen molar-refractivity contribution in [1.82, 2.24) is 9.80 Å². The van der Waals surface area contributed by atoms with Crippen molar-refractivity contribution in [2.45, 2.75) is 17.6 Å². The van der Waals surface area contributed by atoms with E-state index in [4.69, 9.17) is 4.42 Å². The number of furan rings is 1. The predicted molar refractivity (Wildman–Crippen MR) is 93.4 cm³/mol. The normalized spacial score (nSPS) is 17.0. The largest absolute Gasteiger partial charge is 0.455 e. The fraction of sp³-hybridized carbons (Fsp3) is 0.389. The molecule has 3 rings (SSSR count). The summed E-state index contributed by atoms with van der Waals surface area (Å²) in [5.74, 6) is 1.10. The highest BCUT2D eigenvalue weighted by Gasteiger charge is 2.23. The fourth-order valence-electron chi connectivity index (χ4n) is 2.71. The number of likely N-dealkylation sites (N-methyl/N-ethyl adjacent to an activating group) is 1. The molecule has 0 spiro atoms. The summed E-state index contributed by atoms with van der Waals surface area (Å²) in [5, 5.41) is 0. The molecule has 1 fully saturated rings. The van der Waals surface area contributed by atoms with Gasteiger partial charge in [0.25, 0.3) is 5.91 Å². The number of piperazine rings is 1. The molecule has 2 aromatic rings. The highest BCUT2D eigenvalue weighted by Crippen LogP contribution is 2.17. The maximum absolute atomic E-state index is 12.5. The number of aryl methyl sites for hydroxylation is 1. The average molecular weight is 346 g/mol. The first-order valence-corrected chi connectivity index (χ1v) is 9.36. The first kappa shape index (κ1) is 16.9. The molecule has 6 heteroatoms. The van der Waals surface area contributed by atoms with Crippen molar-refractivity contribution < 1.29 is 13.4 Å². The van der Waals surface area contributed by atoms with E-state index in [1.807, 2.05) is 38.2 Å². The number of hydrogen-bond acceptors (Lipinski definition) is 4. The van der Waals surface area contributed by atoms with Crippen LogP contribution in [0.1, 0.15) is 21.9 Å². The fourth-order valence-corrected chi connectivity index (χ4v) is 3.83. The molecule has 24 heavy (non-hydrogen) atoms. The van der Waals surface area contributed by atoms with Gasteiger partial charge >= 0.3 is 0 Å². The molecule has 1 aliphatic rings. The van der Waals surface area contributed by atoms with Crippen molar-refractivity contribution in [3.8, 4) is 0 Å². The summed E-state index contributed by atoms with van der Waals surface area (Å²) in [7, 11) is 0.870. The lowest BCUT2D eigenvalue weighted by molar-refractivity contribution is 0.0631. The van der Waals surface area contributed by atoms with E-state index in [0.29, 0.717) is 24.6 Å². The van der Waals surface area contributed by atoms with Crippen molar-refractivity contribution in [1.29, 1.82) is 0 Å². The lowest BCUT2D eigenvalue weighted by Gasteiger charge is -2.31. The van der Waals surface area contributed by atoms with Gasteiger partial charge in [0.15, 0.2) is 5.76 Å². The zero-order valence-corrected chi connectivity index (χ0v) is 14.8. The molecule has 5 nitrogen and oxygen atoms in total. The van der Waals surface area contributed by atoms with Gasteiger partial charge in [-0.2, -0.15) is 0 Å². The third kappa shape index (κ3) is 3.94. The van der Waals surface area contributed by atoms with Crippen molar-refractivity contribution >= 4 is 16.7 Å². The SMILES string of the molecule is Cc1cccc([S@@](=O)Cc2ccc(C(=O)N3CCN(C)CC3)o2)c1. The smallest absolute Gasteiger partial charge is 0.289 e. The van der Waals surface area contributed by atoms with Crippen molar-refractivity contribution in [2.75, 3.05) is 33.2 Å². The second-order valence-electron chi connectivity index (χ2n) is 6.17. The molecule has 0 radical (unpaired) electrons. The number of nitrogens with zero attached hydrogens (tertiary/aromatic N) is 2. The number of carbonyl (C=O) groups excluding carboxylic acids is 1. The molecule has 1 aromatic heterocycles. The van der Waals surface area contributed by atoms with Gasteiger partial charge < -0.3 is 14.2 Å². The summed E-state index contributed by atoms with van der Waals surface area (Å²) >= 11 is 0. The van der Waals surface area contributed by atoms with Crippen LogP contribution in [0.3, 0.4) is 0 Å². The van der Waals surface area contributed by atoms with Gasteiger partial charge in [0.2, 0.25) is 0 Å². The maximum atomic E-state index is 12.5. The van der Waals surface area contributed by atoms with Gasteiger partial charge in [0, 0.05) is 31.1 Å². The molecule has 1 atom stereocenters. The van der Waals surface area contributed by atoms with Crippen LogP contribution < -0.4 is 0 Å². The predicted octanol–water partition coefficient (Wildman–Crippen LogP) is 2.28. The van der Waals surface area contributed by atoms with Crippen LogP contribution in [-0.2, 0) is 16.6 Å². The minimum atomic E-state index is -1.18. The molecule has 1 amide bonds.